The molecule has 1 aliphatic rings. The minimum atomic E-state index is -0.0328. The summed E-state index contributed by atoms with van der Waals surface area (Å²) in [7, 11) is 0. The zero-order chi connectivity index (χ0) is 24.9. The molecule has 2 aromatic heterocycles. The monoisotopic (exact) mass is 517 g/mol. The van der Waals surface area contributed by atoms with Gasteiger partial charge >= 0.3 is 0 Å². The van der Waals surface area contributed by atoms with Gasteiger partial charge in [-0.15, -0.1) is 12.4 Å². The number of hydrogen-bond donors (Lipinski definition) is 1. The molecule has 9 heteroatoms. The van der Waals surface area contributed by atoms with E-state index in [2.05, 4.69) is 44.3 Å². The molecule has 2 aromatic carbocycles. The SMILES string of the molecule is CC(=O)NCc1ccc(-c2nccnc2N2CCN(Cc3cnn(-c4ccccc4)c3C)CC2)cc1.Cl. The number of halogens is 1. The predicted molar refractivity (Wildman–Crippen MR) is 148 cm³/mol. The Kier molecular flexibility index (Phi) is 8.53. The van der Waals surface area contributed by atoms with Crippen LogP contribution >= 0.6 is 12.4 Å². The smallest absolute Gasteiger partial charge is 0.217 e. The topological polar surface area (TPSA) is 79.2 Å². The first-order chi connectivity index (χ1) is 17.6. The van der Waals surface area contributed by atoms with E-state index in [1.807, 2.05) is 53.3 Å². The van der Waals surface area contributed by atoms with Gasteiger partial charge in [0.05, 0.1) is 11.9 Å². The van der Waals surface area contributed by atoms with Gasteiger partial charge in [0, 0.05) is 75.4 Å². The van der Waals surface area contributed by atoms with Crippen LogP contribution in [0, 0.1) is 6.92 Å². The summed E-state index contributed by atoms with van der Waals surface area (Å²) in [4.78, 5) is 25.3. The first kappa shape index (κ1) is 26.3. The second-order valence-corrected chi connectivity index (χ2v) is 9.10. The molecule has 0 aliphatic carbocycles. The number of nitrogens with one attached hydrogen (secondary N) is 1. The van der Waals surface area contributed by atoms with Gasteiger partial charge < -0.3 is 10.2 Å². The van der Waals surface area contributed by atoms with Crippen molar-refractivity contribution >= 4 is 24.1 Å². The van der Waals surface area contributed by atoms with E-state index >= 15 is 0 Å². The van der Waals surface area contributed by atoms with Crippen LogP contribution in [0.25, 0.3) is 16.9 Å². The van der Waals surface area contributed by atoms with Crippen molar-refractivity contribution in [3.05, 3.63) is 90.0 Å². The minimum Gasteiger partial charge on any atom is -0.352 e. The van der Waals surface area contributed by atoms with E-state index in [-0.39, 0.29) is 18.3 Å². The molecule has 0 bridgehead atoms. The van der Waals surface area contributed by atoms with Crippen LogP contribution in [0.3, 0.4) is 0 Å². The summed E-state index contributed by atoms with van der Waals surface area (Å²) in [5.41, 5.74) is 6.49. The molecular weight excluding hydrogens is 486 g/mol. The van der Waals surface area contributed by atoms with E-state index in [1.165, 1.54) is 18.2 Å². The van der Waals surface area contributed by atoms with Crippen LogP contribution in [0.15, 0.2) is 73.2 Å². The maximum absolute atomic E-state index is 11.2. The molecule has 0 spiro atoms. The summed E-state index contributed by atoms with van der Waals surface area (Å²) in [6.07, 6.45) is 5.50. The van der Waals surface area contributed by atoms with Crippen molar-refractivity contribution in [2.24, 2.45) is 0 Å². The molecule has 3 heterocycles. The Morgan fingerprint density at radius 3 is 2.35 bits per heavy atom. The lowest BCUT2D eigenvalue weighted by Crippen LogP contribution is -2.46. The number of para-hydroxylation sites is 1. The quantitative estimate of drug-likeness (QED) is 0.399. The van der Waals surface area contributed by atoms with Gasteiger partial charge in [0.1, 0.15) is 5.69 Å². The second-order valence-electron chi connectivity index (χ2n) is 9.10. The molecule has 1 aliphatic heterocycles. The molecule has 8 nitrogen and oxygen atoms in total. The normalized spacial score (nSPS) is 13.7. The number of nitrogens with zero attached hydrogens (tertiary/aromatic N) is 6. The predicted octanol–water partition coefficient (Wildman–Crippen LogP) is 4.02. The van der Waals surface area contributed by atoms with Crippen LogP contribution in [0.4, 0.5) is 5.82 Å². The Hall–Kier alpha value is -3.75. The molecule has 192 valence electrons. The Balaban J connectivity index is 0.00000320. The van der Waals surface area contributed by atoms with Crippen molar-refractivity contribution in [3.63, 3.8) is 0 Å². The third kappa shape index (κ3) is 6.15. The van der Waals surface area contributed by atoms with Gasteiger partial charge in [0.2, 0.25) is 5.91 Å². The van der Waals surface area contributed by atoms with Gasteiger partial charge in [-0.25, -0.2) is 9.67 Å². The van der Waals surface area contributed by atoms with Crippen molar-refractivity contribution in [3.8, 4) is 16.9 Å². The summed E-state index contributed by atoms with van der Waals surface area (Å²) < 4.78 is 2.01. The third-order valence-electron chi connectivity index (χ3n) is 6.63. The maximum atomic E-state index is 11.2. The molecule has 1 fully saturated rings. The number of anilines is 1. The second kappa shape index (κ2) is 12.0. The summed E-state index contributed by atoms with van der Waals surface area (Å²) >= 11 is 0. The highest BCUT2D eigenvalue weighted by Gasteiger charge is 2.22. The van der Waals surface area contributed by atoms with Crippen molar-refractivity contribution in [1.29, 1.82) is 0 Å². The third-order valence-corrected chi connectivity index (χ3v) is 6.63. The molecule has 0 unspecified atom stereocenters. The van der Waals surface area contributed by atoms with Gasteiger partial charge in [0.15, 0.2) is 5.82 Å². The summed E-state index contributed by atoms with van der Waals surface area (Å²) in [6, 6.07) is 18.4. The zero-order valence-corrected chi connectivity index (χ0v) is 22.0. The number of carbonyl (C=O) groups is 1. The van der Waals surface area contributed by atoms with E-state index in [0.717, 1.165) is 61.0 Å². The molecule has 1 saturated heterocycles. The lowest BCUT2D eigenvalue weighted by Gasteiger charge is -2.35. The number of piperazine rings is 1. The molecule has 1 amide bonds. The first-order valence-corrected chi connectivity index (χ1v) is 12.3. The van der Waals surface area contributed by atoms with E-state index < -0.39 is 0 Å². The number of amides is 1. The van der Waals surface area contributed by atoms with Gasteiger partial charge in [0.25, 0.3) is 0 Å². The van der Waals surface area contributed by atoms with Crippen LogP contribution in [-0.4, -0.2) is 56.7 Å². The Bertz CT molecular complexity index is 1320. The molecule has 5 rings (SSSR count). The van der Waals surface area contributed by atoms with Crippen LogP contribution in [0.1, 0.15) is 23.7 Å². The molecule has 4 aromatic rings. The molecular formula is C28H32ClN7O. The van der Waals surface area contributed by atoms with Crippen molar-refractivity contribution in [2.75, 3.05) is 31.1 Å². The van der Waals surface area contributed by atoms with E-state index in [4.69, 9.17) is 4.98 Å². The molecule has 0 saturated carbocycles. The highest BCUT2D eigenvalue weighted by Crippen LogP contribution is 2.28. The molecule has 0 radical (unpaired) electrons. The summed E-state index contributed by atoms with van der Waals surface area (Å²) in [5.74, 6) is 0.884. The average Bonchev–Trinajstić information content (AvgIpc) is 3.28. The van der Waals surface area contributed by atoms with Gasteiger partial charge in [-0.3, -0.25) is 14.7 Å². The minimum absolute atomic E-state index is 0. The van der Waals surface area contributed by atoms with Crippen molar-refractivity contribution in [2.45, 2.75) is 26.9 Å². The Morgan fingerprint density at radius 2 is 1.65 bits per heavy atom. The molecule has 0 atom stereocenters. The van der Waals surface area contributed by atoms with Crippen LogP contribution < -0.4 is 10.2 Å². The lowest BCUT2D eigenvalue weighted by molar-refractivity contribution is -0.119. The van der Waals surface area contributed by atoms with Gasteiger partial charge in [-0.05, 0) is 24.6 Å². The summed E-state index contributed by atoms with van der Waals surface area (Å²) in [5, 5.41) is 7.46. The van der Waals surface area contributed by atoms with Crippen LogP contribution in [0.2, 0.25) is 0 Å². The summed E-state index contributed by atoms with van der Waals surface area (Å²) in [6.45, 7) is 8.74. The molecule has 37 heavy (non-hydrogen) atoms. The number of aromatic nitrogens is 4. The van der Waals surface area contributed by atoms with Gasteiger partial charge in [-0.1, -0.05) is 42.5 Å². The lowest BCUT2D eigenvalue weighted by atomic mass is 10.1. The number of hydrogen-bond acceptors (Lipinski definition) is 6. The van der Waals surface area contributed by atoms with Gasteiger partial charge in [-0.2, -0.15) is 5.10 Å². The zero-order valence-electron chi connectivity index (χ0n) is 21.2. The number of rotatable bonds is 7. The van der Waals surface area contributed by atoms with E-state index in [0.29, 0.717) is 6.54 Å². The average molecular weight is 518 g/mol. The van der Waals surface area contributed by atoms with Crippen molar-refractivity contribution < 1.29 is 4.79 Å². The number of carbonyl (C=O) groups excluding carboxylic acids is 1. The van der Waals surface area contributed by atoms with Crippen LogP contribution in [0.5, 0.6) is 0 Å². The van der Waals surface area contributed by atoms with E-state index in [9.17, 15) is 4.79 Å². The largest absolute Gasteiger partial charge is 0.352 e. The van der Waals surface area contributed by atoms with E-state index in [1.54, 1.807) is 12.4 Å². The number of benzene rings is 2. The van der Waals surface area contributed by atoms with Crippen LogP contribution in [-0.2, 0) is 17.9 Å². The Labute approximate surface area is 223 Å². The first-order valence-electron chi connectivity index (χ1n) is 12.3. The fourth-order valence-corrected chi connectivity index (χ4v) is 4.56. The fourth-order valence-electron chi connectivity index (χ4n) is 4.56. The Morgan fingerprint density at radius 1 is 0.946 bits per heavy atom. The highest BCUT2D eigenvalue weighted by atomic mass is 35.5. The van der Waals surface area contributed by atoms with Crippen molar-refractivity contribution in [1.82, 2.24) is 30.0 Å². The fraction of sp³-hybridized carbons (Fsp3) is 0.286. The highest BCUT2D eigenvalue weighted by molar-refractivity contribution is 5.85. The maximum Gasteiger partial charge on any atom is 0.217 e. The standard InChI is InChI=1S/C28H31N7O.ClH/c1-21-25(19-32-35(21)26-6-4-3-5-7-26)20-33-14-16-34(17-15-33)28-27(29-12-13-30-28)24-10-8-23(9-11-24)18-31-22(2)36;/h3-13,19H,14-18,20H2,1-2H3,(H,31,36);1H. The molecule has 1 N–H and O–H groups in total.